The van der Waals surface area contributed by atoms with Crippen molar-refractivity contribution in [2.45, 2.75) is 6.92 Å². The lowest BCUT2D eigenvalue weighted by Crippen LogP contribution is -1.84. The minimum absolute atomic E-state index is 0.0731. The van der Waals surface area contributed by atoms with Crippen LogP contribution in [-0.4, -0.2) is 18.4 Å². The Hall–Kier alpha value is -0.890. The molecular weight excluding hydrogens is 114 g/mol. The minimum atomic E-state index is -0.0731. The number of hydrogen-bond acceptors (Lipinski definition) is 2. The van der Waals surface area contributed by atoms with Crippen molar-refractivity contribution >= 4 is 6.72 Å². The van der Waals surface area contributed by atoms with Crippen molar-refractivity contribution in [3.05, 3.63) is 23.9 Å². The average molecular weight is 125 g/mol. The molecule has 0 saturated heterocycles. The van der Waals surface area contributed by atoms with Gasteiger partial charge in [-0.15, -0.1) is 0 Å². The Morgan fingerprint density at radius 3 is 2.44 bits per heavy atom. The second-order valence-electron chi connectivity index (χ2n) is 1.80. The Bertz CT molecular complexity index is 147. The van der Waals surface area contributed by atoms with Gasteiger partial charge in [-0.2, -0.15) is 0 Å². The van der Waals surface area contributed by atoms with Crippen LogP contribution in [-0.2, 0) is 0 Å². The molecule has 0 saturated carbocycles. The number of rotatable bonds is 3. The van der Waals surface area contributed by atoms with E-state index in [1.54, 1.807) is 6.08 Å². The Morgan fingerprint density at radius 1 is 1.78 bits per heavy atom. The van der Waals surface area contributed by atoms with Crippen LogP contribution in [0.3, 0.4) is 0 Å². The van der Waals surface area contributed by atoms with Crippen LogP contribution in [0.4, 0.5) is 0 Å². The van der Waals surface area contributed by atoms with Gasteiger partial charge in [-0.3, -0.25) is 4.99 Å². The number of hydrogen-bond donors (Lipinski definition) is 1. The summed E-state index contributed by atoms with van der Waals surface area (Å²) in [5.41, 5.74) is 1.42. The summed E-state index contributed by atoms with van der Waals surface area (Å²) in [6.07, 6.45) is 1.69. The van der Waals surface area contributed by atoms with Gasteiger partial charge in [0, 0.05) is 0 Å². The third-order valence-electron chi connectivity index (χ3n) is 0.778. The van der Waals surface area contributed by atoms with E-state index in [4.69, 9.17) is 5.11 Å². The maximum atomic E-state index is 8.53. The number of aliphatic hydroxyl groups is 1. The van der Waals surface area contributed by atoms with Gasteiger partial charge in [0.1, 0.15) is 0 Å². The summed E-state index contributed by atoms with van der Waals surface area (Å²) in [4.78, 5) is 3.55. The summed E-state index contributed by atoms with van der Waals surface area (Å²) in [6, 6.07) is 0. The van der Waals surface area contributed by atoms with E-state index in [2.05, 4.69) is 18.3 Å². The van der Waals surface area contributed by atoms with Crippen LogP contribution in [0.1, 0.15) is 6.92 Å². The molecule has 0 heterocycles. The molecule has 2 heteroatoms. The van der Waals surface area contributed by atoms with Gasteiger partial charge in [-0.05, 0) is 19.7 Å². The molecule has 0 unspecified atom stereocenters. The van der Waals surface area contributed by atoms with Crippen molar-refractivity contribution in [3.63, 3.8) is 0 Å². The summed E-state index contributed by atoms with van der Waals surface area (Å²) in [6.45, 7) is 8.64. The van der Waals surface area contributed by atoms with Gasteiger partial charge >= 0.3 is 0 Å². The first-order chi connectivity index (χ1) is 4.20. The van der Waals surface area contributed by atoms with Crippen molar-refractivity contribution in [2.24, 2.45) is 4.99 Å². The van der Waals surface area contributed by atoms with Crippen LogP contribution in [0, 0.1) is 0 Å². The minimum Gasteiger partial charge on any atom is -0.390 e. The SMILES string of the molecule is C=N/C(=C\C(=C)C)CO. The summed E-state index contributed by atoms with van der Waals surface area (Å²) < 4.78 is 0. The molecule has 0 atom stereocenters. The smallest absolute Gasteiger partial charge is 0.0852 e. The number of nitrogens with zero attached hydrogens (tertiary/aromatic N) is 1. The van der Waals surface area contributed by atoms with E-state index in [0.717, 1.165) is 5.57 Å². The standard InChI is InChI=1S/C7H11NO/c1-6(2)4-7(5-9)8-3/h4,9H,1,3,5H2,2H3/b7-4-. The Labute approximate surface area is 55.2 Å². The highest BCUT2D eigenvalue weighted by Gasteiger charge is 1.86. The van der Waals surface area contributed by atoms with Crippen LogP contribution in [0.5, 0.6) is 0 Å². The lowest BCUT2D eigenvalue weighted by Gasteiger charge is -1.92. The summed E-state index contributed by atoms with van der Waals surface area (Å²) in [5, 5.41) is 8.53. The predicted molar refractivity (Wildman–Crippen MR) is 39.5 cm³/mol. The zero-order valence-corrected chi connectivity index (χ0v) is 5.59. The van der Waals surface area contributed by atoms with Crippen molar-refractivity contribution in [1.29, 1.82) is 0 Å². The zero-order chi connectivity index (χ0) is 7.28. The summed E-state index contributed by atoms with van der Waals surface area (Å²) in [5.74, 6) is 0. The Morgan fingerprint density at radius 2 is 2.33 bits per heavy atom. The number of allylic oxidation sites excluding steroid dienone is 2. The van der Waals surface area contributed by atoms with Crippen molar-refractivity contribution in [3.8, 4) is 0 Å². The molecule has 0 bridgehead atoms. The van der Waals surface area contributed by atoms with E-state index in [0.29, 0.717) is 5.70 Å². The highest BCUT2D eigenvalue weighted by molar-refractivity contribution is 5.31. The van der Waals surface area contributed by atoms with Crippen LogP contribution in [0.25, 0.3) is 0 Å². The van der Waals surface area contributed by atoms with E-state index >= 15 is 0 Å². The van der Waals surface area contributed by atoms with Gasteiger partial charge in [-0.1, -0.05) is 12.2 Å². The lowest BCUT2D eigenvalue weighted by atomic mass is 10.3. The molecule has 50 valence electrons. The van der Waals surface area contributed by atoms with E-state index < -0.39 is 0 Å². The molecule has 0 fully saturated rings. The fourth-order valence-corrected chi connectivity index (χ4v) is 0.426. The second-order valence-corrected chi connectivity index (χ2v) is 1.80. The number of aliphatic imine (C=N–C) groups is 1. The van der Waals surface area contributed by atoms with Crippen LogP contribution >= 0.6 is 0 Å². The molecule has 0 aliphatic rings. The molecule has 1 N–H and O–H groups in total. The first kappa shape index (κ1) is 8.11. The predicted octanol–water partition coefficient (Wildman–Crippen LogP) is 1.14. The van der Waals surface area contributed by atoms with Gasteiger partial charge in [0.25, 0.3) is 0 Å². The van der Waals surface area contributed by atoms with Gasteiger partial charge in [0.05, 0.1) is 12.3 Å². The molecule has 0 rings (SSSR count). The van der Waals surface area contributed by atoms with Crippen molar-refractivity contribution in [1.82, 2.24) is 0 Å². The van der Waals surface area contributed by atoms with E-state index in [-0.39, 0.29) is 6.61 Å². The van der Waals surface area contributed by atoms with Crippen LogP contribution in [0.15, 0.2) is 28.9 Å². The highest BCUT2D eigenvalue weighted by atomic mass is 16.3. The van der Waals surface area contributed by atoms with E-state index in [1.165, 1.54) is 0 Å². The van der Waals surface area contributed by atoms with Crippen LogP contribution < -0.4 is 0 Å². The first-order valence-corrected chi connectivity index (χ1v) is 2.64. The topological polar surface area (TPSA) is 32.6 Å². The van der Waals surface area contributed by atoms with Crippen molar-refractivity contribution in [2.75, 3.05) is 6.61 Å². The normalized spacial score (nSPS) is 11.1. The van der Waals surface area contributed by atoms with Gasteiger partial charge in [0.15, 0.2) is 0 Å². The molecule has 0 amide bonds. The third kappa shape index (κ3) is 3.67. The van der Waals surface area contributed by atoms with Gasteiger partial charge < -0.3 is 5.11 Å². The highest BCUT2D eigenvalue weighted by Crippen LogP contribution is 1.98. The zero-order valence-electron chi connectivity index (χ0n) is 5.59. The second kappa shape index (κ2) is 4.04. The first-order valence-electron chi connectivity index (χ1n) is 2.64. The molecule has 0 aliphatic heterocycles. The lowest BCUT2D eigenvalue weighted by molar-refractivity contribution is 0.330. The molecule has 0 aromatic rings. The Balaban J connectivity index is 4.07. The van der Waals surface area contributed by atoms with E-state index in [9.17, 15) is 0 Å². The number of aliphatic hydroxyl groups excluding tert-OH is 1. The fourth-order valence-electron chi connectivity index (χ4n) is 0.426. The maximum Gasteiger partial charge on any atom is 0.0852 e. The molecule has 2 nitrogen and oxygen atoms in total. The fraction of sp³-hybridized carbons (Fsp3) is 0.286. The summed E-state index contributed by atoms with van der Waals surface area (Å²) in [7, 11) is 0. The van der Waals surface area contributed by atoms with E-state index in [1.807, 2.05) is 6.92 Å². The molecule has 0 radical (unpaired) electrons. The maximum absolute atomic E-state index is 8.53. The van der Waals surface area contributed by atoms with Crippen LogP contribution in [0.2, 0.25) is 0 Å². The molecule has 0 aromatic heterocycles. The third-order valence-corrected chi connectivity index (χ3v) is 0.778. The monoisotopic (exact) mass is 125 g/mol. The summed E-state index contributed by atoms with van der Waals surface area (Å²) >= 11 is 0. The Kier molecular flexibility index (Phi) is 3.64. The van der Waals surface area contributed by atoms with Gasteiger partial charge in [0.2, 0.25) is 0 Å². The molecule has 9 heavy (non-hydrogen) atoms. The molecular formula is C7H11NO. The van der Waals surface area contributed by atoms with Gasteiger partial charge in [-0.25, -0.2) is 0 Å². The molecule has 0 aliphatic carbocycles. The largest absolute Gasteiger partial charge is 0.390 e. The van der Waals surface area contributed by atoms with Crippen molar-refractivity contribution < 1.29 is 5.11 Å². The molecule has 0 spiro atoms. The average Bonchev–Trinajstić information content (AvgIpc) is 1.82. The molecule has 0 aromatic carbocycles. The quantitative estimate of drug-likeness (QED) is 0.445.